The second kappa shape index (κ2) is 7.51. The van der Waals surface area contributed by atoms with E-state index in [2.05, 4.69) is 54.0 Å². The lowest BCUT2D eigenvalue weighted by Gasteiger charge is -2.14. The maximum atomic E-state index is 5.70. The minimum atomic E-state index is 0.146. The summed E-state index contributed by atoms with van der Waals surface area (Å²) in [4.78, 5) is 0.146. The number of rotatable bonds is 6. The molecule has 3 heteroatoms. The van der Waals surface area contributed by atoms with Crippen LogP contribution >= 0.6 is 15.9 Å². The number of halogens is 1. The van der Waals surface area contributed by atoms with Crippen molar-refractivity contribution in [3.63, 3.8) is 0 Å². The van der Waals surface area contributed by atoms with Gasteiger partial charge < -0.3 is 9.47 Å². The lowest BCUT2D eigenvalue weighted by molar-refractivity contribution is 0.317. The van der Waals surface area contributed by atoms with Gasteiger partial charge in [-0.05, 0) is 48.2 Å². The van der Waals surface area contributed by atoms with Crippen molar-refractivity contribution in [2.75, 3.05) is 13.7 Å². The van der Waals surface area contributed by atoms with E-state index in [1.807, 2.05) is 18.2 Å². The summed E-state index contributed by atoms with van der Waals surface area (Å²) >= 11 is 3.78. The molecule has 0 bridgehead atoms. The zero-order valence-electron chi connectivity index (χ0n) is 12.7. The zero-order valence-corrected chi connectivity index (χ0v) is 14.3. The Bertz CT molecular complexity index is 596. The maximum absolute atomic E-state index is 5.70. The molecule has 2 rings (SSSR count). The van der Waals surface area contributed by atoms with Crippen LogP contribution in [0, 0.1) is 6.92 Å². The van der Waals surface area contributed by atoms with Crippen molar-refractivity contribution in [1.29, 1.82) is 0 Å². The van der Waals surface area contributed by atoms with E-state index >= 15 is 0 Å². The van der Waals surface area contributed by atoms with E-state index in [4.69, 9.17) is 9.47 Å². The van der Waals surface area contributed by atoms with Crippen molar-refractivity contribution in [2.24, 2.45) is 0 Å². The van der Waals surface area contributed by atoms with Gasteiger partial charge in [0.1, 0.15) is 11.5 Å². The van der Waals surface area contributed by atoms with Gasteiger partial charge in [-0.2, -0.15) is 0 Å². The summed E-state index contributed by atoms with van der Waals surface area (Å²) in [7, 11) is 1.70. The van der Waals surface area contributed by atoms with E-state index < -0.39 is 0 Å². The summed E-state index contributed by atoms with van der Waals surface area (Å²) in [5.74, 6) is 1.84. The largest absolute Gasteiger partial charge is 0.496 e. The molecule has 0 N–H and O–H groups in total. The third kappa shape index (κ3) is 4.01. The lowest BCUT2D eigenvalue weighted by atomic mass is 10.0. The predicted octanol–water partition coefficient (Wildman–Crippen LogP) is 5.28. The minimum absolute atomic E-state index is 0.146. The molecule has 0 saturated carbocycles. The Morgan fingerprint density at radius 1 is 1.10 bits per heavy atom. The Balaban J connectivity index is 2.22. The van der Waals surface area contributed by atoms with Crippen molar-refractivity contribution in [3.8, 4) is 11.5 Å². The van der Waals surface area contributed by atoms with Crippen LogP contribution in [0.5, 0.6) is 11.5 Å². The summed E-state index contributed by atoms with van der Waals surface area (Å²) < 4.78 is 11.0. The molecule has 0 spiro atoms. The van der Waals surface area contributed by atoms with Gasteiger partial charge in [0.15, 0.2) is 0 Å². The van der Waals surface area contributed by atoms with Crippen LogP contribution in [0.15, 0.2) is 42.5 Å². The molecule has 0 saturated heterocycles. The number of ether oxygens (including phenoxy) is 2. The fraction of sp³-hybridized carbons (Fsp3) is 0.333. The Labute approximate surface area is 135 Å². The summed E-state index contributed by atoms with van der Waals surface area (Å²) in [6.07, 6.45) is 1.01. The Morgan fingerprint density at radius 2 is 1.86 bits per heavy atom. The number of aryl methyl sites for hydroxylation is 1. The Kier molecular flexibility index (Phi) is 5.68. The molecule has 0 radical (unpaired) electrons. The zero-order chi connectivity index (χ0) is 15.2. The van der Waals surface area contributed by atoms with Crippen molar-refractivity contribution < 1.29 is 9.47 Å². The van der Waals surface area contributed by atoms with E-state index in [9.17, 15) is 0 Å². The molecule has 112 valence electrons. The molecular formula is C18H21BrO2. The van der Waals surface area contributed by atoms with Crippen LogP contribution in [0.3, 0.4) is 0 Å². The standard InChI is InChI=1S/C18H21BrO2/c1-4-10-21-16-7-5-6-14(12-16)18(19)15-8-9-17(20-3)13(2)11-15/h5-9,11-12,18H,4,10H2,1-3H3. The monoisotopic (exact) mass is 348 g/mol. The number of alkyl halides is 1. The molecule has 2 aromatic carbocycles. The average Bonchev–Trinajstić information content (AvgIpc) is 2.52. The highest BCUT2D eigenvalue weighted by Crippen LogP contribution is 2.34. The van der Waals surface area contributed by atoms with Crippen molar-refractivity contribution in [1.82, 2.24) is 0 Å². The van der Waals surface area contributed by atoms with Gasteiger partial charge in [0.25, 0.3) is 0 Å². The minimum Gasteiger partial charge on any atom is -0.496 e. The first-order chi connectivity index (χ1) is 10.2. The summed E-state index contributed by atoms with van der Waals surface area (Å²) in [5.41, 5.74) is 3.53. The SMILES string of the molecule is CCCOc1cccc(C(Br)c2ccc(OC)c(C)c2)c1. The highest BCUT2D eigenvalue weighted by atomic mass is 79.9. The fourth-order valence-corrected chi connectivity index (χ4v) is 2.80. The summed E-state index contributed by atoms with van der Waals surface area (Å²) in [6.45, 7) is 4.91. The first-order valence-corrected chi connectivity index (χ1v) is 8.08. The van der Waals surface area contributed by atoms with Gasteiger partial charge in [0, 0.05) is 0 Å². The van der Waals surface area contributed by atoms with Crippen LogP contribution in [0.25, 0.3) is 0 Å². The number of hydrogen-bond acceptors (Lipinski definition) is 2. The normalized spacial score (nSPS) is 12.0. The topological polar surface area (TPSA) is 18.5 Å². The van der Waals surface area contributed by atoms with E-state index in [0.717, 1.165) is 30.1 Å². The second-order valence-electron chi connectivity index (χ2n) is 5.01. The average molecular weight is 349 g/mol. The Morgan fingerprint density at radius 3 is 2.52 bits per heavy atom. The number of hydrogen-bond donors (Lipinski definition) is 0. The molecule has 0 aromatic heterocycles. The van der Waals surface area contributed by atoms with Gasteiger partial charge in [-0.25, -0.2) is 0 Å². The lowest BCUT2D eigenvalue weighted by Crippen LogP contribution is -1.98. The van der Waals surface area contributed by atoms with E-state index in [1.54, 1.807) is 7.11 Å². The quantitative estimate of drug-likeness (QED) is 0.661. The highest BCUT2D eigenvalue weighted by molar-refractivity contribution is 9.09. The van der Waals surface area contributed by atoms with Crippen LogP contribution in [0.2, 0.25) is 0 Å². The Hall–Kier alpha value is -1.48. The molecule has 0 heterocycles. The smallest absolute Gasteiger partial charge is 0.121 e. The van der Waals surface area contributed by atoms with Gasteiger partial charge in [0.05, 0.1) is 18.5 Å². The van der Waals surface area contributed by atoms with E-state index in [0.29, 0.717) is 0 Å². The third-order valence-corrected chi connectivity index (χ3v) is 4.39. The molecule has 0 aliphatic carbocycles. The van der Waals surface area contributed by atoms with E-state index in [-0.39, 0.29) is 4.83 Å². The summed E-state index contributed by atoms with van der Waals surface area (Å²) in [5, 5.41) is 0. The van der Waals surface area contributed by atoms with E-state index in [1.165, 1.54) is 11.1 Å². The van der Waals surface area contributed by atoms with Gasteiger partial charge in [-0.15, -0.1) is 0 Å². The fourth-order valence-electron chi connectivity index (χ4n) is 2.23. The second-order valence-corrected chi connectivity index (χ2v) is 5.93. The van der Waals surface area contributed by atoms with Gasteiger partial charge in [0.2, 0.25) is 0 Å². The number of benzene rings is 2. The van der Waals surface area contributed by atoms with Crippen molar-refractivity contribution in [3.05, 3.63) is 59.2 Å². The molecule has 0 amide bonds. The number of methoxy groups -OCH3 is 1. The van der Waals surface area contributed by atoms with Crippen LogP contribution in [0.4, 0.5) is 0 Å². The first kappa shape index (κ1) is 15.9. The maximum Gasteiger partial charge on any atom is 0.121 e. The molecule has 21 heavy (non-hydrogen) atoms. The molecule has 2 aromatic rings. The van der Waals surface area contributed by atoms with Crippen LogP contribution in [0.1, 0.15) is 34.9 Å². The molecule has 2 nitrogen and oxygen atoms in total. The van der Waals surface area contributed by atoms with Crippen LogP contribution in [-0.2, 0) is 0 Å². The van der Waals surface area contributed by atoms with Gasteiger partial charge >= 0.3 is 0 Å². The molecule has 0 fully saturated rings. The predicted molar refractivity (Wildman–Crippen MR) is 90.7 cm³/mol. The first-order valence-electron chi connectivity index (χ1n) is 7.17. The van der Waals surface area contributed by atoms with Crippen molar-refractivity contribution in [2.45, 2.75) is 25.1 Å². The third-order valence-electron chi connectivity index (χ3n) is 3.34. The van der Waals surface area contributed by atoms with Crippen LogP contribution in [-0.4, -0.2) is 13.7 Å². The van der Waals surface area contributed by atoms with Gasteiger partial charge in [-0.1, -0.05) is 47.1 Å². The molecule has 0 aliphatic heterocycles. The van der Waals surface area contributed by atoms with Crippen molar-refractivity contribution >= 4 is 15.9 Å². The van der Waals surface area contributed by atoms with Crippen LogP contribution < -0.4 is 9.47 Å². The van der Waals surface area contributed by atoms with Gasteiger partial charge in [-0.3, -0.25) is 0 Å². The highest BCUT2D eigenvalue weighted by Gasteiger charge is 2.12. The summed E-state index contributed by atoms with van der Waals surface area (Å²) in [6, 6.07) is 14.5. The molecule has 1 unspecified atom stereocenters. The molecular weight excluding hydrogens is 328 g/mol. The molecule has 0 aliphatic rings. The molecule has 1 atom stereocenters.